The summed E-state index contributed by atoms with van der Waals surface area (Å²) in [6, 6.07) is 4.05. The molecule has 0 aliphatic heterocycles. The first-order valence-electron chi connectivity index (χ1n) is 12.2. The predicted octanol–water partition coefficient (Wildman–Crippen LogP) is 7.63. The van der Waals surface area contributed by atoms with Gasteiger partial charge in [0.2, 0.25) is 0 Å². The Morgan fingerprint density at radius 2 is 1.35 bits per heavy atom. The maximum Gasteiger partial charge on any atom is 0.342 e. The minimum Gasteiger partial charge on any atom is -0.493 e. The maximum absolute atomic E-state index is 12.1. The highest BCUT2D eigenvalue weighted by molar-refractivity contribution is 5.93. The average molecular weight is 436 g/mol. The number of nitro benzene ring substituents is 1. The number of rotatable bonds is 19. The van der Waals surface area contributed by atoms with E-state index in [4.69, 9.17) is 9.47 Å². The van der Waals surface area contributed by atoms with Crippen molar-refractivity contribution < 1.29 is 19.2 Å². The van der Waals surface area contributed by atoms with Gasteiger partial charge in [-0.1, -0.05) is 90.4 Å². The Bertz CT molecular complexity index is 632. The van der Waals surface area contributed by atoms with Crippen molar-refractivity contribution in [3.63, 3.8) is 0 Å². The van der Waals surface area contributed by atoms with Crippen LogP contribution in [0.5, 0.6) is 5.75 Å². The van der Waals surface area contributed by atoms with Gasteiger partial charge in [0.1, 0.15) is 11.3 Å². The predicted molar refractivity (Wildman–Crippen MR) is 125 cm³/mol. The fraction of sp³-hybridized carbons (Fsp3) is 0.720. The monoisotopic (exact) mass is 435 g/mol. The molecule has 1 rings (SSSR count). The van der Waals surface area contributed by atoms with Gasteiger partial charge in [-0.3, -0.25) is 10.1 Å². The number of non-ortho nitro benzene ring substituents is 1. The minimum atomic E-state index is -0.595. The second-order valence-electron chi connectivity index (χ2n) is 8.10. The summed E-state index contributed by atoms with van der Waals surface area (Å²) in [6.07, 6.45) is 18.1. The van der Waals surface area contributed by atoms with Crippen LogP contribution in [-0.2, 0) is 4.74 Å². The molecule has 31 heavy (non-hydrogen) atoms. The molecular weight excluding hydrogens is 394 g/mol. The normalized spacial score (nSPS) is 10.8. The Hall–Kier alpha value is -2.11. The van der Waals surface area contributed by atoms with Crippen LogP contribution in [0, 0.1) is 10.1 Å². The van der Waals surface area contributed by atoms with Gasteiger partial charge in [0, 0.05) is 12.1 Å². The third kappa shape index (κ3) is 12.4. The Labute approximate surface area is 187 Å². The van der Waals surface area contributed by atoms with Crippen LogP contribution in [0.4, 0.5) is 5.69 Å². The van der Waals surface area contributed by atoms with E-state index in [1.54, 1.807) is 6.92 Å². The van der Waals surface area contributed by atoms with Crippen LogP contribution in [0.3, 0.4) is 0 Å². The molecule has 0 aromatic heterocycles. The maximum atomic E-state index is 12.1. The van der Waals surface area contributed by atoms with Gasteiger partial charge in [-0.05, 0) is 19.4 Å². The lowest BCUT2D eigenvalue weighted by molar-refractivity contribution is -0.384. The molecule has 6 nitrogen and oxygen atoms in total. The Kier molecular flexibility index (Phi) is 15.3. The van der Waals surface area contributed by atoms with Gasteiger partial charge in [-0.15, -0.1) is 0 Å². The van der Waals surface area contributed by atoms with Crippen molar-refractivity contribution in [3.05, 3.63) is 33.9 Å². The first-order chi connectivity index (χ1) is 15.1. The van der Waals surface area contributed by atoms with Crippen molar-refractivity contribution in [1.29, 1.82) is 0 Å². The summed E-state index contributed by atoms with van der Waals surface area (Å²) in [6.45, 7) is 4.65. The SMILES string of the molecule is CCCCCCCCCCCCCCCCOc1ccc([N+](=O)[O-])cc1C(=O)OCC. The summed E-state index contributed by atoms with van der Waals surface area (Å²) in [5.74, 6) is -0.249. The molecule has 0 N–H and O–H groups in total. The third-order valence-corrected chi connectivity index (χ3v) is 5.42. The quantitative estimate of drug-likeness (QED) is 0.0965. The van der Waals surface area contributed by atoms with Gasteiger partial charge in [-0.25, -0.2) is 4.79 Å². The number of unbranched alkanes of at least 4 members (excludes halogenated alkanes) is 13. The fourth-order valence-corrected chi connectivity index (χ4v) is 3.60. The minimum absolute atomic E-state index is 0.112. The summed E-state index contributed by atoms with van der Waals surface area (Å²) in [7, 11) is 0. The van der Waals surface area contributed by atoms with E-state index in [1.807, 2.05) is 0 Å². The lowest BCUT2D eigenvalue weighted by Gasteiger charge is -2.11. The molecule has 1 aromatic carbocycles. The fourth-order valence-electron chi connectivity index (χ4n) is 3.60. The zero-order valence-corrected chi connectivity index (χ0v) is 19.5. The summed E-state index contributed by atoms with van der Waals surface area (Å²) >= 11 is 0. The number of carbonyl (C=O) groups is 1. The van der Waals surface area contributed by atoms with E-state index in [0.29, 0.717) is 12.4 Å². The van der Waals surface area contributed by atoms with Crippen LogP contribution < -0.4 is 4.74 Å². The van der Waals surface area contributed by atoms with Crippen LogP contribution in [-0.4, -0.2) is 24.1 Å². The van der Waals surface area contributed by atoms with E-state index >= 15 is 0 Å². The van der Waals surface area contributed by atoms with Crippen LogP contribution in [0.1, 0.15) is 114 Å². The third-order valence-electron chi connectivity index (χ3n) is 5.42. The van der Waals surface area contributed by atoms with E-state index in [9.17, 15) is 14.9 Å². The highest BCUT2D eigenvalue weighted by atomic mass is 16.6. The van der Waals surface area contributed by atoms with Crippen molar-refractivity contribution in [2.24, 2.45) is 0 Å². The van der Waals surface area contributed by atoms with Gasteiger partial charge in [-0.2, -0.15) is 0 Å². The van der Waals surface area contributed by atoms with Crippen molar-refractivity contribution in [3.8, 4) is 5.75 Å². The largest absolute Gasteiger partial charge is 0.493 e. The van der Waals surface area contributed by atoms with E-state index < -0.39 is 10.9 Å². The van der Waals surface area contributed by atoms with E-state index in [-0.39, 0.29) is 17.9 Å². The number of nitrogens with zero attached hydrogens (tertiary/aromatic N) is 1. The Balaban J connectivity index is 2.13. The van der Waals surface area contributed by atoms with Crippen molar-refractivity contribution in [2.45, 2.75) is 104 Å². The molecule has 0 spiro atoms. The number of hydrogen-bond acceptors (Lipinski definition) is 5. The van der Waals surface area contributed by atoms with Gasteiger partial charge in [0.15, 0.2) is 0 Å². The van der Waals surface area contributed by atoms with Crippen LogP contribution in [0.15, 0.2) is 18.2 Å². The molecule has 0 aliphatic carbocycles. The molecule has 0 saturated carbocycles. The zero-order valence-electron chi connectivity index (χ0n) is 19.5. The topological polar surface area (TPSA) is 78.7 Å². The van der Waals surface area contributed by atoms with Gasteiger partial charge in [0.25, 0.3) is 5.69 Å². The zero-order chi connectivity index (χ0) is 22.7. The molecule has 6 heteroatoms. The second-order valence-corrected chi connectivity index (χ2v) is 8.10. The van der Waals surface area contributed by atoms with E-state index in [0.717, 1.165) is 12.8 Å². The number of hydrogen-bond donors (Lipinski definition) is 0. The lowest BCUT2D eigenvalue weighted by Crippen LogP contribution is -2.09. The van der Waals surface area contributed by atoms with Crippen molar-refractivity contribution >= 4 is 11.7 Å². The summed E-state index contributed by atoms with van der Waals surface area (Å²) in [4.78, 5) is 22.5. The van der Waals surface area contributed by atoms with Gasteiger partial charge >= 0.3 is 5.97 Å². The molecule has 176 valence electrons. The molecular formula is C25H41NO5. The summed E-state index contributed by atoms with van der Waals surface area (Å²) in [5, 5.41) is 11.0. The van der Waals surface area contributed by atoms with Gasteiger partial charge in [0.05, 0.1) is 18.1 Å². The summed E-state index contributed by atoms with van der Waals surface area (Å²) < 4.78 is 10.7. The Morgan fingerprint density at radius 3 is 1.84 bits per heavy atom. The molecule has 0 fully saturated rings. The number of ether oxygens (including phenoxy) is 2. The average Bonchev–Trinajstić information content (AvgIpc) is 2.76. The molecule has 0 bridgehead atoms. The standard InChI is InChI=1S/C25H41NO5/c1-3-5-6-7-8-9-10-11-12-13-14-15-16-17-20-31-24-19-18-22(26(28)29)21-23(24)25(27)30-4-2/h18-19,21H,3-17,20H2,1-2H3. The van der Waals surface area contributed by atoms with Crippen LogP contribution in [0.2, 0.25) is 0 Å². The molecule has 0 radical (unpaired) electrons. The molecule has 0 aliphatic rings. The van der Waals surface area contributed by atoms with Crippen LogP contribution in [0.25, 0.3) is 0 Å². The second kappa shape index (κ2) is 17.6. The first kappa shape index (κ1) is 26.9. The number of carbonyl (C=O) groups excluding carboxylic acids is 1. The van der Waals surface area contributed by atoms with Gasteiger partial charge < -0.3 is 9.47 Å². The number of esters is 1. The summed E-state index contributed by atoms with van der Waals surface area (Å²) in [5.41, 5.74) is -0.0340. The smallest absolute Gasteiger partial charge is 0.342 e. The molecule has 0 atom stereocenters. The van der Waals surface area contributed by atoms with E-state index in [1.165, 1.54) is 95.2 Å². The van der Waals surface area contributed by atoms with Crippen molar-refractivity contribution in [2.75, 3.05) is 13.2 Å². The molecule has 0 saturated heterocycles. The van der Waals surface area contributed by atoms with Crippen molar-refractivity contribution in [1.82, 2.24) is 0 Å². The van der Waals surface area contributed by atoms with E-state index in [2.05, 4.69) is 6.92 Å². The highest BCUT2D eigenvalue weighted by Crippen LogP contribution is 2.25. The molecule has 0 unspecified atom stereocenters. The van der Waals surface area contributed by atoms with Crippen LogP contribution >= 0.6 is 0 Å². The molecule has 0 amide bonds. The highest BCUT2D eigenvalue weighted by Gasteiger charge is 2.18. The molecule has 0 heterocycles. The lowest BCUT2D eigenvalue weighted by atomic mass is 10.0. The number of nitro groups is 1. The Morgan fingerprint density at radius 1 is 0.839 bits per heavy atom. The number of benzene rings is 1. The first-order valence-corrected chi connectivity index (χ1v) is 12.2. The molecule has 1 aromatic rings.